The van der Waals surface area contributed by atoms with Gasteiger partial charge in [0.15, 0.2) is 5.11 Å². The lowest BCUT2D eigenvalue weighted by Gasteiger charge is -2.10. The fourth-order valence-electron chi connectivity index (χ4n) is 2.54. The Bertz CT molecular complexity index is 1100. The van der Waals surface area contributed by atoms with E-state index in [1.807, 2.05) is 36.4 Å². The summed E-state index contributed by atoms with van der Waals surface area (Å²) in [5, 5.41) is 29.0. The number of non-ortho nitro benzene ring substituents is 2. The lowest BCUT2D eigenvalue weighted by molar-refractivity contribution is -0.394. The minimum Gasteiger partial charge on any atom is -0.332 e. The van der Waals surface area contributed by atoms with Crippen LogP contribution < -0.4 is 10.6 Å². The first-order valence-electron chi connectivity index (χ1n) is 7.88. The Kier molecular flexibility index (Phi) is 5.23. The summed E-state index contributed by atoms with van der Waals surface area (Å²) < 4.78 is 0. The molecule has 0 saturated heterocycles. The summed E-state index contributed by atoms with van der Waals surface area (Å²) in [5.74, 6) is -0.801. The van der Waals surface area contributed by atoms with E-state index in [0.717, 1.165) is 29.0 Å². The van der Waals surface area contributed by atoms with E-state index in [0.29, 0.717) is 5.69 Å². The lowest BCUT2D eigenvalue weighted by atomic mass is 10.1. The maximum absolute atomic E-state index is 12.3. The minimum absolute atomic E-state index is 0.0468. The molecule has 0 unspecified atom stereocenters. The van der Waals surface area contributed by atoms with Crippen LogP contribution in [0.5, 0.6) is 0 Å². The molecule has 0 bridgehead atoms. The van der Waals surface area contributed by atoms with Crippen molar-refractivity contribution >= 4 is 51.1 Å². The van der Waals surface area contributed by atoms with Crippen molar-refractivity contribution in [3.05, 3.63) is 86.5 Å². The highest BCUT2D eigenvalue weighted by atomic mass is 32.1. The smallest absolute Gasteiger partial charge is 0.277 e. The van der Waals surface area contributed by atoms with Gasteiger partial charge in [0.05, 0.1) is 21.5 Å². The molecule has 2 N–H and O–H groups in total. The molecule has 140 valence electrons. The Morgan fingerprint density at radius 3 is 2.07 bits per heavy atom. The summed E-state index contributed by atoms with van der Waals surface area (Å²) >= 11 is 5.09. The quantitative estimate of drug-likeness (QED) is 0.390. The van der Waals surface area contributed by atoms with Crippen LogP contribution in [0, 0.1) is 20.2 Å². The van der Waals surface area contributed by atoms with E-state index in [9.17, 15) is 25.0 Å². The van der Waals surface area contributed by atoms with E-state index in [-0.39, 0.29) is 10.7 Å². The van der Waals surface area contributed by atoms with Gasteiger partial charge >= 0.3 is 0 Å². The molecule has 3 aromatic carbocycles. The van der Waals surface area contributed by atoms with Crippen LogP contribution in [-0.2, 0) is 0 Å². The van der Waals surface area contributed by atoms with Gasteiger partial charge in [-0.05, 0) is 35.1 Å². The molecule has 0 radical (unpaired) electrons. The molecule has 28 heavy (non-hydrogen) atoms. The molecule has 0 aliphatic heterocycles. The molecule has 0 heterocycles. The van der Waals surface area contributed by atoms with Crippen molar-refractivity contribution in [2.45, 2.75) is 0 Å². The van der Waals surface area contributed by atoms with Gasteiger partial charge in [0.1, 0.15) is 0 Å². The third-order valence-corrected chi connectivity index (χ3v) is 4.02. The average molecular weight is 396 g/mol. The Morgan fingerprint density at radius 1 is 0.857 bits per heavy atom. The fraction of sp³-hybridized carbons (Fsp3) is 0. The van der Waals surface area contributed by atoms with Crippen LogP contribution in [0.3, 0.4) is 0 Å². The van der Waals surface area contributed by atoms with Crippen LogP contribution in [0.25, 0.3) is 10.8 Å². The highest BCUT2D eigenvalue weighted by Gasteiger charge is 2.20. The van der Waals surface area contributed by atoms with Crippen LogP contribution in [0.2, 0.25) is 0 Å². The number of hydrogen-bond donors (Lipinski definition) is 2. The summed E-state index contributed by atoms with van der Waals surface area (Å²) in [5.41, 5.74) is -0.738. The number of benzene rings is 3. The molecular formula is C18H12N4O5S. The topological polar surface area (TPSA) is 127 Å². The average Bonchev–Trinajstić information content (AvgIpc) is 2.67. The van der Waals surface area contributed by atoms with Crippen LogP contribution in [-0.4, -0.2) is 20.9 Å². The van der Waals surface area contributed by atoms with Crippen LogP contribution >= 0.6 is 12.2 Å². The van der Waals surface area contributed by atoms with Gasteiger partial charge in [-0.1, -0.05) is 30.3 Å². The molecule has 0 saturated carbocycles. The number of nitro groups is 2. The summed E-state index contributed by atoms with van der Waals surface area (Å²) in [4.78, 5) is 32.6. The van der Waals surface area contributed by atoms with Gasteiger partial charge < -0.3 is 5.32 Å². The normalized spacial score (nSPS) is 10.3. The van der Waals surface area contributed by atoms with Crippen molar-refractivity contribution in [3.63, 3.8) is 0 Å². The Balaban J connectivity index is 1.77. The molecule has 10 heteroatoms. The third-order valence-electron chi connectivity index (χ3n) is 3.82. The fourth-order valence-corrected chi connectivity index (χ4v) is 2.75. The molecule has 0 aliphatic rings. The number of hydrogen-bond acceptors (Lipinski definition) is 6. The van der Waals surface area contributed by atoms with Crippen LogP contribution in [0.1, 0.15) is 10.4 Å². The summed E-state index contributed by atoms with van der Waals surface area (Å²) in [6.07, 6.45) is 0. The number of carbonyl (C=O) groups is 1. The van der Waals surface area contributed by atoms with Crippen LogP contribution in [0.15, 0.2) is 60.7 Å². The number of anilines is 1. The predicted octanol–water partition coefficient (Wildman–Crippen LogP) is 3.78. The van der Waals surface area contributed by atoms with Crippen molar-refractivity contribution in [2.75, 3.05) is 5.32 Å². The van der Waals surface area contributed by atoms with Gasteiger partial charge in [-0.2, -0.15) is 0 Å². The van der Waals surface area contributed by atoms with Gasteiger partial charge in [-0.3, -0.25) is 30.3 Å². The molecule has 3 aromatic rings. The molecule has 9 nitrogen and oxygen atoms in total. The number of carbonyl (C=O) groups excluding carboxylic acids is 1. The second-order valence-electron chi connectivity index (χ2n) is 5.72. The van der Waals surface area contributed by atoms with Gasteiger partial charge in [0, 0.05) is 17.8 Å². The Morgan fingerprint density at radius 2 is 1.46 bits per heavy atom. The summed E-state index contributed by atoms with van der Waals surface area (Å²) in [7, 11) is 0. The standard InChI is InChI=1S/C18H12N4O5S/c23-17(13-8-15(21(24)25)10-16(9-13)22(26)27)20-18(28)19-14-6-5-11-3-1-2-4-12(11)7-14/h1-10H,(H2,19,20,23,28). The highest BCUT2D eigenvalue weighted by Crippen LogP contribution is 2.23. The third kappa shape index (κ3) is 4.24. The molecule has 3 rings (SSSR count). The number of nitro benzene ring substituents is 2. The van der Waals surface area contributed by atoms with E-state index in [4.69, 9.17) is 12.2 Å². The van der Waals surface area contributed by atoms with Gasteiger partial charge in [0.25, 0.3) is 17.3 Å². The number of thiocarbonyl (C=S) groups is 1. The molecule has 0 atom stereocenters. The monoisotopic (exact) mass is 396 g/mol. The molecular weight excluding hydrogens is 384 g/mol. The Hall–Kier alpha value is -3.92. The SMILES string of the molecule is O=C(NC(=S)Nc1ccc2ccccc2c1)c1cc([N+](=O)[O-])cc([N+](=O)[O-])c1. The maximum atomic E-state index is 12.3. The van der Waals surface area contributed by atoms with E-state index >= 15 is 0 Å². The van der Waals surface area contributed by atoms with Crippen molar-refractivity contribution < 1.29 is 14.6 Å². The Labute approximate surface area is 163 Å². The molecule has 0 fully saturated rings. The molecule has 1 amide bonds. The zero-order chi connectivity index (χ0) is 20.3. The largest absolute Gasteiger partial charge is 0.332 e. The van der Waals surface area contributed by atoms with Crippen molar-refractivity contribution in [3.8, 4) is 0 Å². The summed E-state index contributed by atoms with van der Waals surface area (Å²) in [6.45, 7) is 0. The summed E-state index contributed by atoms with van der Waals surface area (Å²) in [6, 6.07) is 15.8. The van der Waals surface area contributed by atoms with E-state index in [1.54, 1.807) is 6.07 Å². The lowest BCUT2D eigenvalue weighted by Crippen LogP contribution is -2.34. The van der Waals surface area contributed by atoms with Gasteiger partial charge in [-0.25, -0.2) is 0 Å². The molecule has 0 aliphatic carbocycles. The van der Waals surface area contributed by atoms with Crippen LogP contribution in [0.4, 0.5) is 17.1 Å². The zero-order valence-electron chi connectivity index (χ0n) is 14.1. The number of amides is 1. The highest BCUT2D eigenvalue weighted by molar-refractivity contribution is 7.80. The molecule has 0 spiro atoms. The molecule has 0 aromatic heterocycles. The van der Waals surface area contributed by atoms with Gasteiger partial charge in [-0.15, -0.1) is 0 Å². The number of nitrogens with one attached hydrogen (secondary N) is 2. The first kappa shape index (κ1) is 18.9. The number of rotatable bonds is 4. The van der Waals surface area contributed by atoms with E-state index in [1.165, 1.54) is 0 Å². The van der Waals surface area contributed by atoms with E-state index in [2.05, 4.69) is 10.6 Å². The van der Waals surface area contributed by atoms with Gasteiger partial charge in [0.2, 0.25) is 0 Å². The first-order valence-corrected chi connectivity index (χ1v) is 8.29. The first-order chi connectivity index (χ1) is 13.3. The minimum atomic E-state index is -0.810. The second kappa shape index (κ2) is 7.76. The zero-order valence-corrected chi connectivity index (χ0v) is 14.9. The number of nitrogens with zero attached hydrogens (tertiary/aromatic N) is 2. The van der Waals surface area contributed by atoms with Crippen molar-refractivity contribution in [1.29, 1.82) is 0 Å². The van der Waals surface area contributed by atoms with E-state index < -0.39 is 27.1 Å². The maximum Gasteiger partial charge on any atom is 0.277 e. The second-order valence-corrected chi connectivity index (χ2v) is 6.13. The number of fused-ring (bicyclic) bond motifs is 1. The van der Waals surface area contributed by atoms with Crippen molar-refractivity contribution in [2.24, 2.45) is 0 Å². The van der Waals surface area contributed by atoms with Crippen molar-refractivity contribution in [1.82, 2.24) is 5.32 Å². The predicted molar refractivity (Wildman–Crippen MR) is 107 cm³/mol.